The van der Waals surface area contributed by atoms with Crippen LogP contribution >= 0.6 is 11.3 Å². The van der Waals surface area contributed by atoms with Crippen LogP contribution in [-0.4, -0.2) is 13.1 Å². The molecule has 0 saturated carbocycles. The van der Waals surface area contributed by atoms with Crippen molar-refractivity contribution in [2.75, 3.05) is 13.1 Å². The highest BCUT2D eigenvalue weighted by molar-refractivity contribution is 7.10. The minimum absolute atomic E-state index is 0.737. The van der Waals surface area contributed by atoms with Gasteiger partial charge < -0.3 is 5.32 Å². The fourth-order valence-electron chi connectivity index (χ4n) is 1.62. The first kappa shape index (κ1) is 12.7. The summed E-state index contributed by atoms with van der Waals surface area (Å²) in [5.41, 5.74) is 1.45. The summed E-state index contributed by atoms with van der Waals surface area (Å²) in [6.45, 7) is 11.3. The highest BCUT2D eigenvalue weighted by Gasteiger charge is 2.06. The molecule has 86 valence electrons. The average Bonchev–Trinajstić information content (AvgIpc) is 2.51. The monoisotopic (exact) mass is 225 g/mol. The summed E-state index contributed by atoms with van der Waals surface area (Å²) >= 11 is 1.89. The highest BCUT2D eigenvalue weighted by atomic mass is 32.1. The lowest BCUT2D eigenvalue weighted by molar-refractivity contribution is 0.475. The molecule has 0 amide bonds. The molecule has 0 bridgehead atoms. The van der Waals surface area contributed by atoms with Gasteiger partial charge in [0.05, 0.1) is 0 Å². The summed E-state index contributed by atoms with van der Waals surface area (Å²) in [5.74, 6) is 1.49. The molecule has 2 heteroatoms. The van der Waals surface area contributed by atoms with Crippen LogP contribution in [0.25, 0.3) is 0 Å². The number of aryl methyl sites for hydroxylation is 1. The van der Waals surface area contributed by atoms with Gasteiger partial charge in [-0.2, -0.15) is 0 Å². The molecule has 0 aromatic carbocycles. The summed E-state index contributed by atoms with van der Waals surface area (Å²) in [4.78, 5) is 1.55. The van der Waals surface area contributed by atoms with E-state index in [9.17, 15) is 0 Å². The van der Waals surface area contributed by atoms with Crippen LogP contribution in [-0.2, 0) is 6.42 Å². The standard InChI is InChI=1S/C13H23NS/c1-10(2)8-14-9-11(3)7-13-12(4)5-6-15-13/h5-6,10-11,14H,7-9H2,1-4H3. The molecule has 1 aromatic rings. The molecule has 1 heterocycles. The second kappa shape index (κ2) is 6.29. The maximum absolute atomic E-state index is 3.52. The smallest absolute Gasteiger partial charge is 0.00775 e. The molecule has 0 spiro atoms. The Morgan fingerprint density at radius 3 is 2.53 bits per heavy atom. The van der Waals surface area contributed by atoms with Crippen molar-refractivity contribution in [3.05, 3.63) is 21.9 Å². The van der Waals surface area contributed by atoms with Gasteiger partial charge in [0.2, 0.25) is 0 Å². The molecule has 0 aliphatic heterocycles. The van der Waals surface area contributed by atoms with Gasteiger partial charge in [0.1, 0.15) is 0 Å². The zero-order valence-corrected chi connectivity index (χ0v) is 11.2. The summed E-state index contributed by atoms with van der Waals surface area (Å²) in [6.07, 6.45) is 1.22. The van der Waals surface area contributed by atoms with E-state index in [0.717, 1.165) is 24.9 Å². The van der Waals surface area contributed by atoms with Crippen molar-refractivity contribution in [2.24, 2.45) is 11.8 Å². The van der Waals surface area contributed by atoms with E-state index in [-0.39, 0.29) is 0 Å². The van der Waals surface area contributed by atoms with Gasteiger partial charge in [-0.15, -0.1) is 11.3 Å². The Kier molecular flexibility index (Phi) is 5.34. The number of hydrogen-bond donors (Lipinski definition) is 1. The summed E-state index contributed by atoms with van der Waals surface area (Å²) in [5, 5.41) is 5.71. The normalized spacial score (nSPS) is 13.4. The quantitative estimate of drug-likeness (QED) is 0.781. The van der Waals surface area contributed by atoms with Crippen molar-refractivity contribution in [3.8, 4) is 0 Å². The minimum Gasteiger partial charge on any atom is -0.316 e. The number of thiophene rings is 1. The fourth-order valence-corrected chi connectivity index (χ4v) is 2.69. The Bertz CT molecular complexity index is 278. The maximum Gasteiger partial charge on any atom is 0.00775 e. The Morgan fingerprint density at radius 2 is 2.00 bits per heavy atom. The Hall–Kier alpha value is -0.340. The number of hydrogen-bond acceptors (Lipinski definition) is 2. The van der Waals surface area contributed by atoms with Gasteiger partial charge in [-0.25, -0.2) is 0 Å². The van der Waals surface area contributed by atoms with Crippen molar-refractivity contribution in [1.29, 1.82) is 0 Å². The van der Waals surface area contributed by atoms with Crippen LogP contribution in [0.3, 0.4) is 0 Å². The molecule has 0 aliphatic rings. The van der Waals surface area contributed by atoms with Crippen molar-refractivity contribution < 1.29 is 0 Å². The number of nitrogens with one attached hydrogen (secondary N) is 1. The largest absolute Gasteiger partial charge is 0.316 e. The molecular formula is C13H23NS. The third kappa shape index (κ3) is 4.80. The second-order valence-corrected chi connectivity index (χ2v) is 5.89. The van der Waals surface area contributed by atoms with Crippen molar-refractivity contribution in [1.82, 2.24) is 5.32 Å². The van der Waals surface area contributed by atoms with Crippen LogP contribution in [0, 0.1) is 18.8 Å². The van der Waals surface area contributed by atoms with E-state index >= 15 is 0 Å². The van der Waals surface area contributed by atoms with Crippen molar-refractivity contribution in [2.45, 2.75) is 34.1 Å². The van der Waals surface area contributed by atoms with Crippen LogP contribution in [0.15, 0.2) is 11.4 Å². The van der Waals surface area contributed by atoms with E-state index in [1.807, 2.05) is 11.3 Å². The van der Waals surface area contributed by atoms with Gasteiger partial charge in [-0.3, -0.25) is 0 Å². The summed E-state index contributed by atoms with van der Waals surface area (Å²) in [6, 6.07) is 2.22. The molecule has 1 rings (SSSR count). The molecule has 0 aliphatic carbocycles. The van der Waals surface area contributed by atoms with Gasteiger partial charge in [-0.05, 0) is 55.3 Å². The zero-order valence-electron chi connectivity index (χ0n) is 10.3. The first-order valence-corrected chi connectivity index (χ1v) is 6.71. The van der Waals surface area contributed by atoms with E-state index in [4.69, 9.17) is 0 Å². The molecule has 15 heavy (non-hydrogen) atoms. The maximum atomic E-state index is 3.52. The third-order valence-corrected chi connectivity index (χ3v) is 3.59. The molecule has 1 atom stereocenters. The number of rotatable bonds is 6. The van der Waals surface area contributed by atoms with Crippen molar-refractivity contribution in [3.63, 3.8) is 0 Å². The molecule has 0 saturated heterocycles. The summed E-state index contributed by atoms with van der Waals surface area (Å²) < 4.78 is 0. The third-order valence-electron chi connectivity index (χ3n) is 2.55. The molecule has 0 radical (unpaired) electrons. The average molecular weight is 225 g/mol. The Balaban J connectivity index is 2.24. The van der Waals surface area contributed by atoms with E-state index in [2.05, 4.69) is 44.5 Å². The van der Waals surface area contributed by atoms with Gasteiger partial charge >= 0.3 is 0 Å². The molecule has 0 fully saturated rings. The molecular weight excluding hydrogens is 202 g/mol. The lowest BCUT2D eigenvalue weighted by Crippen LogP contribution is -2.26. The van der Waals surface area contributed by atoms with Gasteiger partial charge in [0.15, 0.2) is 0 Å². The van der Waals surface area contributed by atoms with E-state index < -0.39 is 0 Å². The predicted octanol–water partition coefficient (Wildman–Crippen LogP) is 3.48. The SMILES string of the molecule is Cc1ccsc1CC(C)CNCC(C)C. The fraction of sp³-hybridized carbons (Fsp3) is 0.692. The van der Waals surface area contributed by atoms with Gasteiger partial charge in [0, 0.05) is 4.88 Å². The lowest BCUT2D eigenvalue weighted by Gasteiger charge is -2.13. The first-order valence-electron chi connectivity index (χ1n) is 5.83. The molecule has 1 nitrogen and oxygen atoms in total. The minimum atomic E-state index is 0.737. The Morgan fingerprint density at radius 1 is 1.27 bits per heavy atom. The molecule has 1 N–H and O–H groups in total. The van der Waals surface area contributed by atoms with Crippen molar-refractivity contribution >= 4 is 11.3 Å². The van der Waals surface area contributed by atoms with Gasteiger partial charge in [0.25, 0.3) is 0 Å². The second-order valence-electron chi connectivity index (χ2n) is 4.89. The van der Waals surface area contributed by atoms with Crippen LogP contribution in [0.1, 0.15) is 31.2 Å². The van der Waals surface area contributed by atoms with E-state index in [0.29, 0.717) is 0 Å². The van der Waals surface area contributed by atoms with E-state index in [1.165, 1.54) is 12.0 Å². The van der Waals surface area contributed by atoms with Crippen LogP contribution in [0.4, 0.5) is 0 Å². The van der Waals surface area contributed by atoms with E-state index in [1.54, 1.807) is 4.88 Å². The molecule has 1 unspecified atom stereocenters. The first-order chi connectivity index (χ1) is 7.09. The predicted molar refractivity (Wildman–Crippen MR) is 69.6 cm³/mol. The Labute approximate surface area is 97.9 Å². The van der Waals surface area contributed by atoms with Crippen LogP contribution in [0.2, 0.25) is 0 Å². The van der Waals surface area contributed by atoms with Crippen LogP contribution < -0.4 is 5.32 Å². The highest BCUT2D eigenvalue weighted by Crippen LogP contribution is 2.19. The topological polar surface area (TPSA) is 12.0 Å². The zero-order chi connectivity index (χ0) is 11.3. The van der Waals surface area contributed by atoms with Crippen LogP contribution in [0.5, 0.6) is 0 Å². The summed E-state index contributed by atoms with van der Waals surface area (Å²) in [7, 11) is 0. The van der Waals surface area contributed by atoms with Gasteiger partial charge in [-0.1, -0.05) is 20.8 Å². The molecule has 1 aromatic heterocycles. The lowest BCUT2D eigenvalue weighted by atomic mass is 10.0.